The number of rotatable bonds is 5. The highest BCUT2D eigenvalue weighted by Gasteiger charge is 2.31. The van der Waals surface area contributed by atoms with Gasteiger partial charge in [-0.25, -0.2) is 15.8 Å². The van der Waals surface area contributed by atoms with Crippen LogP contribution in [0.2, 0.25) is 0 Å². The van der Waals surface area contributed by atoms with E-state index in [1.54, 1.807) is 0 Å². The number of primary amides is 1. The molecular weight excluding hydrogens is 268 g/mol. The minimum atomic E-state index is -0.241. The molecule has 1 aromatic heterocycles. The minimum absolute atomic E-state index is 0.125. The van der Waals surface area contributed by atoms with Gasteiger partial charge in [-0.15, -0.1) is 0 Å². The first-order valence-electron chi connectivity index (χ1n) is 7.44. The van der Waals surface area contributed by atoms with E-state index >= 15 is 0 Å². The van der Waals surface area contributed by atoms with Crippen LogP contribution in [0.3, 0.4) is 0 Å². The summed E-state index contributed by atoms with van der Waals surface area (Å²) in [7, 11) is 0. The molecule has 7 heteroatoms. The summed E-state index contributed by atoms with van der Waals surface area (Å²) >= 11 is 0. The van der Waals surface area contributed by atoms with Gasteiger partial charge >= 0.3 is 0 Å². The van der Waals surface area contributed by atoms with E-state index in [0.29, 0.717) is 18.4 Å². The predicted octanol–water partition coefficient (Wildman–Crippen LogP) is 0.805. The Morgan fingerprint density at radius 3 is 2.86 bits per heavy atom. The first kappa shape index (κ1) is 15.5. The fourth-order valence-corrected chi connectivity index (χ4v) is 2.89. The quantitative estimate of drug-likeness (QED) is 0.547. The van der Waals surface area contributed by atoms with E-state index < -0.39 is 0 Å². The van der Waals surface area contributed by atoms with E-state index in [-0.39, 0.29) is 11.8 Å². The standard InChI is InChI=1S/C14H24N6O/c1-3-4-11-13(19-16)17-8-18-14(11)20-7-10(12(15)21)6-5-9(20)2/h8-10H,3-7,16H2,1-2H3,(H2,15,21)(H,17,18,19). The predicted molar refractivity (Wildman–Crippen MR) is 82.6 cm³/mol. The van der Waals surface area contributed by atoms with E-state index in [1.807, 2.05) is 0 Å². The number of amides is 1. The van der Waals surface area contributed by atoms with Crippen LogP contribution >= 0.6 is 0 Å². The van der Waals surface area contributed by atoms with Crippen molar-refractivity contribution < 1.29 is 4.79 Å². The molecule has 21 heavy (non-hydrogen) atoms. The van der Waals surface area contributed by atoms with Crippen LogP contribution in [-0.2, 0) is 11.2 Å². The monoisotopic (exact) mass is 292 g/mol. The summed E-state index contributed by atoms with van der Waals surface area (Å²) in [6, 6.07) is 0.316. The second-order valence-electron chi connectivity index (χ2n) is 5.60. The Bertz CT molecular complexity index is 506. The molecule has 1 aliphatic rings. The van der Waals surface area contributed by atoms with Crippen LogP contribution in [0.4, 0.5) is 11.6 Å². The van der Waals surface area contributed by atoms with Gasteiger partial charge in [0.2, 0.25) is 5.91 Å². The molecule has 0 aromatic carbocycles. The Hall–Kier alpha value is -1.89. The second-order valence-corrected chi connectivity index (χ2v) is 5.60. The summed E-state index contributed by atoms with van der Waals surface area (Å²) in [5.74, 6) is 6.70. The molecule has 0 saturated carbocycles. The summed E-state index contributed by atoms with van der Waals surface area (Å²) in [6.45, 7) is 4.85. The molecule has 1 amide bonds. The Morgan fingerprint density at radius 2 is 2.24 bits per heavy atom. The van der Waals surface area contributed by atoms with Gasteiger partial charge in [-0.05, 0) is 26.2 Å². The number of nitrogens with one attached hydrogen (secondary N) is 1. The Morgan fingerprint density at radius 1 is 1.48 bits per heavy atom. The van der Waals surface area contributed by atoms with Crippen molar-refractivity contribution >= 4 is 17.5 Å². The van der Waals surface area contributed by atoms with Crippen LogP contribution in [0, 0.1) is 5.92 Å². The van der Waals surface area contributed by atoms with Crippen LogP contribution in [0.5, 0.6) is 0 Å². The first-order chi connectivity index (χ1) is 10.1. The molecule has 1 aromatic rings. The topological polar surface area (TPSA) is 110 Å². The number of piperidine rings is 1. The number of hydrogen-bond acceptors (Lipinski definition) is 6. The molecular formula is C14H24N6O. The van der Waals surface area contributed by atoms with Crippen molar-refractivity contribution in [1.29, 1.82) is 0 Å². The van der Waals surface area contributed by atoms with Crippen LogP contribution in [0.15, 0.2) is 6.33 Å². The lowest BCUT2D eigenvalue weighted by atomic mass is 9.92. The largest absolute Gasteiger partial charge is 0.369 e. The molecule has 116 valence electrons. The van der Waals surface area contributed by atoms with Crippen molar-refractivity contribution in [2.24, 2.45) is 17.5 Å². The number of hydrazine groups is 1. The second kappa shape index (κ2) is 6.71. The maximum absolute atomic E-state index is 11.5. The van der Waals surface area contributed by atoms with Crippen LogP contribution in [0.1, 0.15) is 38.7 Å². The van der Waals surface area contributed by atoms with Crippen molar-refractivity contribution in [3.63, 3.8) is 0 Å². The van der Waals surface area contributed by atoms with Crippen molar-refractivity contribution in [1.82, 2.24) is 9.97 Å². The van der Waals surface area contributed by atoms with Gasteiger partial charge in [-0.1, -0.05) is 13.3 Å². The van der Waals surface area contributed by atoms with Gasteiger partial charge < -0.3 is 16.1 Å². The van der Waals surface area contributed by atoms with Crippen molar-refractivity contribution in [3.8, 4) is 0 Å². The number of carbonyl (C=O) groups is 1. The van der Waals surface area contributed by atoms with Crippen LogP contribution < -0.4 is 21.9 Å². The molecule has 0 aliphatic carbocycles. The number of nitrogens with zero attached hydrogens (tertiary/aromatic N) is 3. The zero-order valence-corrected chi connectivity index (χ0v) is 12.7. The highest BCUT2D eigenvalue weighted by atomic mass is 16.1. The SMILES string of the molecule is CCCc1c(NN)ncnc1N1CC(C(N)=O)CCC1C. The zero-order valence-electron chi connectivity index (χ0n) is 12.7. The molecule has 7 nitrogen and oxygen atoms in total. The van der Waals surface area contributed by atoms with E-state index in [4.69, 9.17) is 11.6 Å². The maximum atomic E-state index is 11.5. The van der Waals surface area contributed by atoms with Crippen molar-refractivity contribution in [3.05, 3.63) is 11.9 Å². The minimum Gasteiger partial charge on any atom is -0.369 e. The lowest BCUT2D eigenvalue weighted by Gasteiger charge is -2.38. The third kappa shape index (κ3) is 3.24. The van der Waals surface area contributed by atoms with E-state index in [2.05, 4.69) is 34.1 Å². The van der Waals surface area contributed by atoms with Gasteiger partial charge in [0.1, 0.15) is 18.0 Å². The molecule has 5 N–H and O–H groups in total. The number of hydrogen-bond donors (Lipinski definition) is 3. The average Bonchev–Trinajstić information content (AvgIpc) is 2.48. The fourth-order valence-electron chi connectivity index (χ4n) is 2.89. The number of nitrogens with two attached hydrogens (primary N) is 2. The van der Waals surface area contributed by atoms with Gasteiger partial charge in [0, 0.05) is 18.2 Å². The van der Waals surface area contributed by atoms with E-state index in [0.717, 1.165) is 37.1 Å². The van der Waals surface area contributed by atoms with Crippen molar-refractivity contribution in [2.45, 2.75) is 45.6 Å². The van der Waals surface area contributed by atoms with Crippen LogP contribution in [-0.4, -0.2) is 28.5 Å². The number of nitrogen functional groups attached to an aromatic ring is 1. The van der Waals surface area contributed by atoms with Crippen LogP contribution in [0.25, 0.3) is 0 Å². The molecule has 1 aliphatic heterocycles. The van der Waals surface area contributed by atoms with Gasteiger partial charge in [0.15, 0.2) is 0 Å². The molecule has 1 saturated heterocycles. The van der Waals surface area contributed by atoms with Gasteiger partial charge in [0.05, 0.1) is 5.92 Å². The maximum Gasteiger partial charge on any atom is 0.222 e. The van der Waals surface area contributed by atoms with Gasteiger partial charge in [-0.3, -0.25) is 4.79 Å². The molecule has 0 bridgehead atoms. The summed E-state index contributed by atoms with van der Waals surface area (Å²) in [6.07, 6.45) is 5.07. The fraction of sp³-hybridized carbons (Fsp3) is 0.643. The summed E-state index contributed by atoms with van der Waals surface area (Å²) in [4.78, 5) is 22.3. The number of carbonyl (C=O) groups excluding carboxylic acids is 1. The summed E-state index contributed by atoms with van der Waals surface area (Å²) in [5.41, 5.74) is 9.11. The first-order valence-corrected chi connectivity index (χ1v) is 7.44. The molecule has 1 fully saturated rings. The highest BCUT2D eigenvalue weighted by Crippen LogP contribution is 2.31. The Labute approximate surface area is 125 Å². The Balaban J connectivity index is 2.36. The smallest absolute Gasteiger partial charge is 0.222 e. The van der Waals surface area contributed by atoms with Crippen molar-refractivity contribution in [2.75, 3.05) is 16.9 Å². The highest BCUT2D eigenvalue weighted by molar-refractivity contribution is 5.77. The van der Waals surface area contributed by atoms with Gasteiger partial charge in [0.25, 0.3) is 0 Å². The zero-order chi connectivity index (χ0) is 15.4. The lowest BCUT2D eigenvalue weighted by Crippen LogP contribution is -2.46. The molecule has 2 rings (SSSR count). The van der Waals surface area contributed by atoms with E-state index in [1.165, 1.54) is 6.33 Å². The molecule has 2 unspecified atom stereocenters. The molecule has 2 atom stereocenters. The normalized spacial score (nSPS) is 22.1. The number of aromatic nitrogens is 2. The van der Waals surface area contributed by atoms with E-state index in [9.17, 15) is 4.79 Å². The number of anilines is 2. The molecule has 0 spiro atoms. The third-order valence-corrected chi connectivity index (χ3v) is 4.12. The summed E-state index contributed by atoms with van der Waals surface area (Å²) < 4.78 is 0. The summed E-state index contributed by atoms with van der Waals surface area (Å²) in [5, 5.41) is 0. The third-order valence-electron chi connectivity index (χ3n) is 4.12. The molecule has 0 radical (unpaired) electrons. The Kier molecular flexibility index (Phi) is 4.95. The lowest BCUT2D eigenvalue weighted by molar-refractivity contribution is -0.122. The van der Waals surface area contributed by atoms with Gasteiger partial charge in [-0.2, -0.15) is 0 Å². The average molecular weight is 292 g/mol. The molecule has 2 heterocycles.